The highest BCUT2D eigenvalue weighted by Gasteiger charge is 2.47. The highest BCUT2D eigenvalue weighted by atomic mass is 35.5. The van der Waals surface area contributed by atoms with Crippen molar-refractivity contribution in [1.29, 1.82) is 0 Å². The minimum Gasteiger partial charge on any atom is -0.352 e. The van der Waals surface area contributed by atoms with Crippen LogP contribution in [-0.2, 0) is 16.1 Å². The third-order valence-corrected chi connectivity index (χ3v) is 4.78. The Morgan fingerprint density at radius 1 is 1.00 bits per heavy atom. The third-order valence-electron chi connectivity index (χ3n) is 4.29. The number of rotatable bonds is 5. The van der Waals surface area contributed by atoms with Crippen molar-refractivity contribution in [1.82, 2.24) is 5.32 Å². The smallest absolute Gasteiger partial charge is 0.228 e. The monoisotopic (exact) mass is 376 g/mol. The highest BCUT2D eigenvalue weighted by Crippen LogP contribution is 2.39. The average Bonchev–Trinajstić information content (AvgIpc) is 3.37. The molecule has 0 radical (unpaired) electrons. The Labute approximate surface area is 156 Å². The molecule has 3 rings (SSSR count). The molecule has 2 unspecified atom stereocenters. The Morgan fingerprint density at radius 3 is 2.32 bits per heavy atom. The number of nitrogens with one attached hydrogen (secondary N) is 2. The molecule has 1 aliphatic carbocycles. The van der Waals surface area contributed by atoms with Crippen LogP contribution in [0.1, 0.15) is 17.5 Å². The number of hydrogen-bond acceptors (Lipinski definition) is 2. The molecule has 2 amide bonds. The first-order valence-corrected chi connectivity index (χ1v) is 8.79. The molecule has 2 atom stereocenters. The van der Waals surface area contributed by atoms with E-state index in [9.17, 15) is 9.59 Å². The lowest BCUT2D eigenvalue weighted by molar-refractivity contribution is -0.125. The fraction of sp³-hybridized carbons (Fsp3) is 0.263. The summed E-state index contributed by atoms with van der Waals surface area (Å²) in [5, 5.41) is 7.03. The molecule has 2 aromatic carbocycles. The van der Waals surface area contributed by atoms with Gasteiger partial charge in [-0.15, -0.1) is 0 Å². The van der Waals surface area contributed by atoms with Crippen LogP contribution in [0.25, 0.3) is 0 Å². The summed E-state index contributed by atoms with van der Waals surface area (Å²) in [4.78, 5) is 24.5. The van der Waals surface area contributed by atoms with Crippen molar-refractivity contribution in [3.05, 3.63) is 63.6 Å². The van der Waals surface area contributed by atoms with Crippen molar-refractivity contribution in [3.63, 3.8) is 0 Å². The first kappa shape index (κ1) is 17.8. The largest absolute Gasteiger partial charge is 0.352 e. The normalized spacial score (nSPS) is 18.5. The van der Waals surface area contributed by atoms with Crippen LogP contribution >= 0.6 is 23.2 Å². The zero-order chi connectivity index (χ0) is 18.0. The highest BCUT2D eigenvalue weighted by molar-refractivity contribution is 6.31. The van der Waals surface area contributed by atoms with Gasteiger partial charge in [-0.2, -0.15) is 0 Å². The number of carbonyl (C=O) groups is 2. The van der Waals surface area contributed by atoms with Gasteiger partial charge >= 0.3 is 0 Å². The van der Waals surface area contributed by atoms with Crippen molar-refractivity contribution in [2.75, 3.05) is 5.32 Å². The number of carbonyl (C=O) groups excluding carboxylic acids is 2. The van der Waals surface area contributed by atoms with E-state index in [1.54, 1.807) is 30.3 Å². The van der Waals surface area contributed by atoms with Crippen LogP contribution in [0.2, 0.25) is 10.0 Å². The summed E-state index contributed by atoms with van der Waals surface area (Å²) in [6.45, 7) is 2.31. The number of benzene rings is 2. The average molecular weight is 377 g/mol. The molecule has 2 N–H and O–H groups in total. The lowest BCUT2D eigenvalue weighted by Crippen LogP contribution is -2.27. The fourth-order valence-electron chi connectivity index (χ4n) is 2.69. The first-order chi connectivity index (χ1) is 11.9. The van der Waals surface area contributed by atoms with Crippen LogP contribution in [0.15, 0.2) is 42.5 Å². The van der Waals surface area contributed by atoms with E-state index in [1.807, 2.05) is 19.1 Å². The van der Waals surface area contributed by atoms with Gasteiger partial charge in [0.2, 0.25) is 11.8 Å². The summed E-state index contributed by atoms with van der Waals surface area (Å²) < 4.78 is 0. The van der Waals surface area contributed by atoms with Crippen molar-refractivity contribution in [2.24, 2.45) is 11.8 Å². The van der Waals surface area contributed by atoms with E-state index in [4.69, 9.17) is 23.2 Å². The Bertz CT molecular complexity index is 806. The standard InChI is InChI=1S/C19H18Cl2N2O2/c1-11-8-14(21)6-7-17(11)23-19(25)16-9-15(16)18(24)22-10-12-2-4-13(20)5-3-12/h2-8,15-16H,9-10H2,1H3,(H,22,24)(H,23,25). The summed E-state index contributed by atoms with van der Waals surface area (Å²) in [5.74, 6) is -0.764. The van der Waals surface area contributed by atoms with E-state index in [0.717, 1.165) is 16.8 Å². The van der Waals surface area contributed by atoms with Gasteiger partial charge in [0, 0.05) is 22.3 Å². The molecular formula is C19H18Cl2N2O2. The van der Waals surface area contributed by atoms with E-state index in [-0.39, 0.29) is 23.7 Å². The van der Waals surface area contributed by atoms with E-state index >= 15 is 0 Å². The Hall–Kier alpha value is -2.04. The van der Waals surface area contributed by atoms with Gasteiger partial charge in [0.25, 0.3) is 0 Å². The quantitative estimate of drug-likeness (QED) is 0.821. The fourth-order valence-corrected chi connectivity index (χ4v) is 3.04. The van der Waals surface area contributed by atoms with Crippen LogP contribution in [0.3, 0.4) is 0 Å². The second-order valence-corrected chi connectivity index (χ2v) is 7.11. The Morgan fingerprint density at radius 2 is 1.64 bits per heavy atom. The molecule has 0 aromatic heterocycles. The van der Waals surface area contributed by atoms with E-state index in [2.05, 4.69) is 10.6 Å². The predicted molar refractivity (Wildman–Crippen MR) is 99.7 cm³/mol. The van der Waals surface area contributed by atoms with Crippen molar-refractivity contribution >= 4 is 40.7 Å². The number of hydrogen-bond donors (Lipinski definition) is 2. The number of halogens is 2. The maximum absolute atomic E-state index is 12.3. The molecule has 0 saturated heterocycles. The molecule has 4 nitrogen and oxygen atoms in total. The van der Waals surface area contributed by atoms with Crippen LogP contribution < -0.4 is 10.6 Å². The van der Waals surface area contributed by atoms with Crippen LogP contribution in [-0.4, -0.2) is 11.8 Å². The van der Waals surface area contributed by atoms with Crippen molar-refractivity contribution in [3.8, 4) is 0 Å². The predicted octanol–water partition coefficient (Wildman–Crippen LogP) is 4.19. The maximum atomic E-state index is 12.3. The van der Waals surface area contributed by atoms with Gasteiger partial charge in [-0.1, -0.05) is 35.3 Å². The molecule has 2 aromatic rings. The van der Waals surface area contributed by atoms with Gasteiger partial charge in [0.15, 0.2) is 0 Å². The summed E-state index contributed by atoms with van der Waals surface area (Å²) in [5.41, 5.74) is 2.59. The second kappa shape index (κ2) is 7.46. The van der Waals surface area contributed by atoms with Gasteiger partial charge in [-0.3, -0.25) is 9.59 Å². The molecule has 1 saturated carbocycles. The molecule has 6 heteroatoms. The molecule has 0 spiro atoms. The summed E-state index contributed by atoms with van der Waals surface area (Å²) >= 11 is 11.7. The van der Waals surface area contributed by atoms with Gasteiger partial charge in [-0.05, 0) is 54.8 Å². The van der Waals surface area contributed by atoms with Gasteiger partial charge < -0.3 is 10.6 Å². The van der Waals surface area contributed by atoms with Crippen LogP contribution in [0.5, 0.6) is 0 Å². The van der Waals surface area contributed by atoms with Gasteiger partial charge in [0.05, 0.1) is 11.8 Å². The molecular weight excluding hydrogens is 359 g/mol. The minimum atomic E-state index is -0.278. The second-order valence-electron chi connectivity index (χ2n) is 6.24. The zero-order valence-electron chi connectivity index (χ0n) is 13.7. The minimum absolute atomic E-state index is 0.0945. The molecule has 0 aliphatic heterocycles. The molecule has 0 heterocycles. The molecule has 1 aliphatic rings. The summed E-state index contributed by atoms with van der Waals surface area (Å²) in [6, 6.07) is 12.6. The summed E-state index contributed by atoms with van der Waals surface area (Å²) in [7, 11) is 0. The molecule has 25 heavy (non-hydrogen) atoms. The Balaban J connectivity index is 1.50. The van der Waals surface area contributed by atoms with Crippen molar-refractivity contribution < 1.29 is 9.59 Å². The SMILES string of the molecule is Cc1cc(Cl)ccc1NC(=O)C1CC1C(=O)NCc1ccc(Cl)cc1. The maximum Gasteiger partial charge on any atom is 0.228 e. The molecule has 0 bridgehead atoms. The van der Waals surface area contributed by atoms with Crippen LogP contribution in [0.4, 0.5) is 5.69 Å². The number of amides is 2. The number of anilines is 1. The van der Waals surface area contributed by atoms with Crippen molar-refractivity contribution in [2.45, 2.75) is 19.9 Å². The third kappa shape index (κ3) is 4.53. The lowest BCUT2D eigenvalue weighted by Gasteiger charge is -2.09. The van der Waals surface area contributed by atoms with Gasteiger partial charge in [0.1, 0.15) is 0 Å². The topological polar surface area (TPSA) is 58.2 Å². The Kier molecular flexibility index (Phi) is 5.30. The summed E-state index contributed by atoms with van der Waals surface area (Å²) in [6.07, 6.45) is 0.574. The lowest BCUT2D eigenvalue weighted by atomic mass is 10.2. The zero-order valence-corrected chi connectivity index (χ0v) is 15.2. The molecule has 1 fully saturated rings. The van der Waals surface area contributed by atoms with Gasteiger partial charge in [-0.25, -0.2) is 0 Å². The van der Waals surface area contributed by atoms with E-state index in [0.29, 0.717) is 23.0 Å². The van der Waals surface area contributed by atoms with E-state index in [1.165, 1.54) is 0 Å². The molecule has 130 valence electrons. The van der Waals surface area contributed by atoms with E-state index < -0.39 is 0 Å². The first-order valence-electron chi connectivity index (χ1n) is 8.03. The number of aryl methyl sites for hydroxylation is 1. The van der Waals surface area contributed by atoms with Crippen LogP contribution in [0, 0.1) is 18.8 Å².